The number of hydrogen-bond donors (Lipinski definition) is 3. The van der Waals surface area contributed by atoms with Crippen molar-refractivity contribution < 1.29 is 23.6 Å². The maximum atomic E-state index is 12.7. The third-order valence-electron chi connectivity index (χ3n) is 5.91. The Labute approximate surface area is 224 Å². The monoisotopic (exact) mass is 559 g/mol. The molecule has 0 saturated heterocycles. The number of para-hydroxylation sites is 1. The van der Waals surface area contributed by atoms with Crippen LogP contribution in [0.5, 0.6) is 0 Å². The zero-order chi connectivity index (χ0) is 27.3. The van der Waals surface area contributed by atoms with Crippen molar-refractivity contribution in [1.82, 2.24) is 24.6 Å². The molecule has 202 valence electrons. The first kappa shape index (κ1) is 27.8. The van der Waals surface area contributed by atoms with E-state index in [9.17, 15) is 14.3 Å². The van der Waals surface area contributed by atoms with Crippen LogP contribution in [0.25, 0.3) is 11.2 Å². The number of aromatic nitrogens is 4. The third-order valence-corrected chi connectivity index (χ3v) is 7.87. The largest absolute Gasteiger partial charge is 0.432 e. The quantitative estimate of drug-likeness (QED) is 0.0981. The van der Waals surface area contributed by atoms with Crippen LogP contribution in [0.1, 0.15) is 19.4 Å². The highest BCUT2D eigenvalue weighted by atomic mass is 32.2. The van der Waals surface area contributed by atoms with E-state index in [0.29, 0.717) is 34.1 Å². The minimum absolute atomic E-state index is 0.0632. The molecule has 4 rings (SSSR count). The van der Waals surface area contributed by atoms with Crippen molar-refractivity contribution >= 4 is 48.2 Å². The predicted molar refractivity (Wildman–Crippen MR) is 146 cm³/mol. The second-order valence-electron chi connectivity index (χ2n) is 8.57. The van der Waals surface area contributed by atoms with Crippen LogP contribution >= 0.6 is 19.5 Å². The highest BCUT2D eigenvalue weighted by Gasteiger charge is 2.31. The second kappa shape index (κ2) is 12.1. The summed E-state index contributed by atoms with van der Waals surface area (Å²) in [5, 5.41) is 4.12. The molecular formula is C24H30N7O5PS. The number of nitrogens with one attached hydrogen (secondary N) is 1. The van der Waals surface area contributed by atoms with Crippen LogP contribution in [0.15, 0.2) is 66.5 Å². The van der Waals surface area contributed by atoms with E-state index in [1.807, 2.05) is 22.8 Å². The van der Waals surface area contributed by atoms with Gasteiger partial charge in [-0.15, -0.1) is 6.58 Å². The molecule has 1 unspecified atom stereocenters. The van der Waals surface area contributed by atoms with Gasteiger partial charge in [0.05, 0.1) is 31.8 Å². The summed E-state index contributed by atoms with van der Waals surface area (Å²) in [6.45, 7) is 5.22. The molecule has 4 N–H and O–H groups in total. The normalized spacial score (nSPS) is 19.2. The standard InChI is InChI=1S/C24H30N7O5PS/c1-4-12-38-23-20-21(27-24(25)28-23)30(15-26-20)19-11-10-17(13-19)14-36-37(33,34)29-22(32)16(2)31(35-3)18-8-6-5-7-9-18/h4-11,15-17,19H,1,12-14H2,2-3H3,(H2,25,27,28)(H2,29,32,33,34)/t16-,17+,19-/m0/s1. The van der Waals surface area contributed by atoms with E-state index < -0.39 is 19.7 Å². The lowest BCUT2D eigenvalue weighted by Gasteiger charge is -2.28. The summed E-state index contributed by atoms with van der Waals surface area (Å²) < 4.78 is 19.8. The number of allylic oxidation sites excluding steroid dienone is 1. The number of amides is 1. The van der Waals surface area contributed by atoms with E-state index in [-0.39, 0.29) is 24.5 Å². The van der Waals surface area contributed by atoms with Gasteiger partial charge in [0.1, 0.15) is 16.6 Å². The number of nitrogens with zero attached hydrogens (tertiary/aromatic N) is 5. The summed E-state index contributed by atoms with van der Waals surface area (Å²) in [4.78, 5) is 41.4. The van der Waals surface area contributed by atoms with Gasteiger partial charge in [0.25, 0.3) is 5.91 Å². The van der Waals surface area contributed by atoms with Crippen molar-refractivity contribution in [3.05, 3.63) is 61.5 Å². The highest BCUT2D eigenvalue weighted by molar-refractivity contribution is 7.99. The summed E-state index contributed by atoms with van der Waals surface area (Å²) in [7, 11) is -3.01. The van der Waals surface area contributed by atoms with Gasteiger partial charge in [0, 0.05) is 11.7 Å². The Bertz CT molecular complexity index is 1370. The van der Waals surface area contributed by atoms with Crippen molar-refractivity contribution in [1.29, 1.82) is 0 Å². The fourth-order valence-electron chi connectivity index (χ4n) is 4.10. The Hall–Kier alpha value is -3.22. The molecule has 0 fully saturated rings. The number of hydroxylamine groups is 1. The molecule has 12 nitrogen and oxygen atoms in total. The van der Waals surface area contributed by atoms with E-state index in [4.69, 9.17) is 15.1 Å². The SMILES string of the molecule is C=CCSc1nc(N)nc2c1ncn2[C@H]1C=C[C@@H](COP(=O)(O)NC(=O)[C@H](C)N(OC)c2ccccc2)C1. The highest BCUT2D eigenvalue weighted by Crippen LogP contribution is 2.40. The van der Waals surface area contributed by atoms with E-state index in [1.54, 1.807) is 43.6 Å². The van der Waals surface area contributed by atoms with E-state index in [1.165, 1.54) is 23.9 Å². The van der Waals surface area contributed by atoms with Crippen LogP contribution in [0.3, 0.4) is 0 Å². The molecule has 38 heavy (non-hydrogen) atoms. The average Bonchev–Trinajstić information content (AvgIpc) is 3.54. The Morgan fingerprint density at radius 3 is 2.87 bits per heavy atom. The fraction of sp³-hybridized carbons (Fsp3) is 0.333. The smallest absolute Gasteiger partial charge is 0.368 e. The maximum absolute atomic E-state index is 12.7. The van der Waals surface area contributed by atoms with Crippen molar-refractivity contribution in [2.24, 2.45) is 5.92 Å². The van der Waals surface area contributed by atoms with Gasteiger partial charge >= 0.3 is 7.75 Å². The molecule has 3 aromatic rings. The summed E-state index contributed by atoms with van der Waals surface area (Å²) in [5.74, 6) is -0.0688. The molecule has 0 bridgehead atoms. The number of carbonyl (C=O) groups is 1. The molecular weight excluding hydrogens is 529 g/mol. The van der Waals surface area contributed by atoms with Crippen LogP contribution in [0.2, 0.25) is 0 Å². The number of carbonyl (C=O) groups excluding carboxylic acids is 1. The lowest BCUT2D eigenvalue weighted by atomic mass is 10.1. The fourth-order valence-corrected chi connectivity index (χ4v) is 5.74. The topological polar surface area (TPSA) is 158 Å². The number of imidazole rings is 1. The van der Waals surface area contributed by atoms with Crippen LogP contribution in [-0.4, -0.2) is 55.8 Å². The van der Waals surface area contributed by atoms with Crippen LogP contribution in [0, 0.1) is 5.92 Å². The minimum atomic E-state index is -4.42. The average molecular weight is 560 g/mol. The van der Waals surface area contributed by atoms with Crippen molar-refractivity contribution in [3.8, 4) is 0 Å². The lowest BCUT2D eigenvalue weighted by molar-refractivity contribution is -0.122. The third kappa shape index (κ3) is 6.43. The Morgan fingerprint density at radius 1 is 1.39 bits per heavy atom. The molecule has 0 aliphatic heterocycles. The number of nitrogens with two attached hydrogens (primary N) is 1. The molecule has 2 aromatic heterocycles. The van der Waals surface area contributed by atoms with Crippen LogP contribution in [0.4, 0.5) is 11.6 Å². The summed E-state index contributed by atoms with van der Waals surface area (Å²) in [5.41, 5.74) is 7.80. The molecule has 4 atom stereocenters. The first-order valence-corrected chi connectivity index (χ1v) is 14.4. The maximum Gasteiger partial charge on any atom is 0.432 e. The zero-order valence-electron chi connectivity index (χ0n) is 21.0. The first-order valence-electron chi connectivity index (χ1n) is 11.8. The second-order valence-corrected chi connectivity index (χ2v) is 11.1. The first-order chi connectivity index (χ1) is 18.2. The van der Waals surface area contributed by atoms with Gasteiger partial charge in [-0.3, -0.25) is 19.2 Å². The van der Waals surface area contributed by atoms with Crippen LogP contribution in [-0.2, 0) is 18.7 Å². The van der Waals surface area contributed by atoms with E-state index in [2.05, 4.69) is 26.6 Å². The number of fused-ring (bicyclic) bond motifs is 1. The Balaban J connectivity index is 1.35. The van der Waals surface area contributed by atoms with Gasteiger partial charge in [-0.1, -0.05) is 48.2 Å². The van der Waals surface area contributed by atoms with Crippen molar-refractivity contribution in [2.45, 2.75) is 30.5 Å². The van der Waals surface area contributed by atoms with Gasteiger partial charge in [-0.2, -0.15) is 4.98 Å². The molecule has 0 spiro atoms. The van der Waals surface area contributed by atoms with E-state index >= 15 is 0 Å². The lowest BCUT2D eigenvalue weighted by Crippen LogP contribution is -2.44. The summed E-state index contributed by atoms with van der Waals surface area (Å²) >= 11 is 1.47. The molecule has 1 aromatic carbocycles. The van der Waals surface area contributed by atoms with Crippen molar-refractivity contribution in [3.63, 3.8) is 0 Å². The number of nitrogen functional groups attached to an aromatic ring is 1. The minimum Gasteiger partial charge on any atom is -0.368 e. The van der Waals surface area contributed by atoms with Gasteiger partial charge in [-0.05, 0) is 25.5 Å². The number of anilines is 2. The molecule has 1 aliphatic rings. The number of rotatable bonds is 12. The Kier molecular flexibility index (Phi) is 8.85. The van der Waals surface area contributed by atoms with Crippen molar-refractivity contribution in [2.75, 3.05) is 30.3 Å². The molecule has 1 aliphatic carbocycles. The molecule has 1 amide bonds. The van der Waals surface area contributed by atoms with Gasteiger partial charge in [-0.25, -0.2) is 19.6 Å². The Morgan fingerprint density at radius 2 is 2.16 bits per heavy atom. The molecule has 2 heterocycles. The number of hydrogen-bond acceptors (Lipinski definition) is 10. The summed E-state index contributed by atoms with van der Waals surface area (Å²) in [6, 6.07) is 7.95. The summed E-state index contributed by atoms with van der Waals surface area (Å²) in [6.07, 6.45) is 7.91. The van der Waals surface area contributed by atoms with Gasteiger partial charge < -0.3 is 15.2 Å². The zero-order valence-corrected chi connectivity index (χ0v) is 22.7. The molecule has 14 heteroatoms. The number of thioether (sulfide) groups is 1. The molecule has 0 radical (unpaired) electrons. The molecule has 0 saturated carbocycles. The van der Waals surface area contributed by atoms with Crippen LogP contribution < -0.4 is 15.9 Å². The van der Waals surface area contributed by atoms with E-state index in [0.717, 1.165) is 0 Å². The van der Waals surface area contributed by atoms with Gasteiger partial charge in [0.15, 0.2) is 5.65 Å². The van der Waals surface area contributed by atoms with Gasteiger partial charge in [0.2, 0.25) is 5.95 Å². The number of benzene rings is 1. The predicted octanol–water partition coefficient (Wildman–Crippen LogP) is 3.49.